The van der Waals surface area contributed by atoms with Gasteiger partial charge in [0.25, 0.3) is 23.6 Å². The van der Waals surface area contributed by atoms with E-state index in [0.717, 1.165) is 33.2 Å². The summed E-state index contributed by atoms with van der Waals surface area (Å²) in [6, 6.07) is 17.8. The molecule has 3 aromatic carbocycles. The number of aromatic nitrogens is 1. The van der Waals surface area contributed by atoms with Crippen LogP contribution in [0.15, 0.2) is 90.5 Å². The molecule has 3 heterocycles. The van der Waals surface area contributed by atoms with Gasteiger partial charge < -0.3 is 9.84 Å². The lowest BCUT2D eigenvalue weighted by atomic mass is 9.49. The fourth-order valence-electron chi connectivity index (χ4n) is 9.20. The summed E-state index contributed by atoms with van der Waals surface area (Å²) in [6.45, 7) is 1.91. The summed E-state index contributed by atoms with van der Waals surface area (Å²) in [6.07, 6.45) is -3.16. The second-order valence-corrected chi connectivity index (χ2v) is 15.4. The van der Waals surface area contributed by atoms with Gasteiger partial charge in [-0.15, -0.1) is 0 Å². The van der Waals surface area contributed by atoms with Crippen LogP contribution in [0.1, 0.15) is 42.5 Å². The number of aromatic hydroxyl groups is 1. The zero-order valence-corrected chi connectivity index (χ0v) is 32.1. The fraction of sp³-hybridized carbons (Fsp3) is 0.293. The van der Waals surface area contributed by atoms with Gasteiger partial charge in [-0.25, -0.2) is 9.37 Å². The quantitative estimate of drug-likeness (QED) is 0.104. The molecule has 2 N–H and O–H groups in total. The van der Waals surface area contributed by atoms with E-state index in [4.69, 9.17) is 27.9 Å². The number of allylic oxidation sites excluding steroid dienone is 2. The Bertz CT molecular complexity index is 2400. The van der Waals surface area contributed by atoms with Crippen LogP contribution in [0.3, 0.4) is 0 Å². The Balaban J connectivity index is 1.29. The van der Waals surface area contributed by atoms with Crippen LogP contribution in [0.4, 0.5) is 29.1 Å². The third kappa shape index (κ3) is 6.05. The van der Waals surface area contributed by atoms with Crippen LogP contribution >= 0.6 is 23.2 Å². The average Bonchev–Trinajstić information content (AvgIpc) is 3.57. The summed E-state index contributed by atoms with van der Waals surface area (Å²) in [4.78, 5) is 62.7. The molecule has 0 unspecified atom stereocenters. The maximum absolute atomic E-state index is 15.3. The van der Waals surface area contributed by atoms with Gasteiger partial charge in [-0.1, -0.05) is 53.1 Å². The average molecular weight is 839 g/mol. The molecule has 1 aromatic heterocycles. The van der Waals surface area contributed by atoms with Gasteiger partial charge in [-0.3, -0.25) is 29.6 Å². The number of halogens is 6. The van der Waals surface area contributed by atoms with Crippen molar-refractivity contribution in [2.45, 2.75) is 37.3 Å². The number of benzene rings is 3. The molecule has 4 amide bonds. The Morgan fingerprint density at radius 2 is 1.66 bits per heavy atom. The number of hydrazine groups is 2. The predicted octanol–water partition coefficient (Wildman–Crippen LogP) is 7.69. The highest BCUT2D eigenvalue weighted by atomic mass is 35.5. The van der Waals surface area contributed by atoms with Gasteiger partial charge in [0.2, 0.25) is 0 Å². The second kappa shape index (κ2) is 14.3. The zero-order valence-electron chi connectivity index (χ0n) is 30.6. The maximum atomic E-state index is 15.3. The number of phenolic OH excluding ortho intramolecular Hbond substituents is 1. The first kappa shape index (κ1) is 39.2. The minimum atomic E-state index is -4.85. The van der Waals surface area contributed by atoms with E-state index in [9.17, 15) is 37.1 Å². The Morgan fingerprint density at radius 3 is 2.33 bits per heavy atom. The minimum Gasteiger partial charge on any atom is -0.504 e. The van der Waals surface area contributed by atoms with E-state index in [1.807, 2.05) is 0 Å². The molecule has 3 fully saturated rings. The van der Waals surface area contributed by atoms with Gasteiger partial charge in [0.05, 0.1) is 40.5 Å². The molecule has 300 valence electrons. The number of ether oxygens (including phenoxy) is 1. The van der Waals surface area contributed by atoms with E-state index < -0.39 is 82.1 Å². The third-order valence-corrected chi connectivity index (χ3v) is 12.1. The summed E-state index contributed by atoms with van der Waals surface area (Å²) in [7, 11) is 1.22. The topological polar surface area (TPSA) is 132 Å². The molecule has 2 saturated heterocycles. The zero-order chi connectivity index (χ0) is 41.4. The van der Waals surface area contributed by atoms with Crippen molar-refractivity contribution in [2.24, 2.45) is 23.7 Å². The number of amides is 4. The number of phenols is 1. The molecule has 8 rings (SSSR count). The summed E-state index contributed by atoms with van der Waals surface area (Å²) in [5, 5.41) is 13.4. The molecule has 0 spiro atoms. The van der Waals surface area contributed by atoms with Crippen LogP contribution < -0.4 is 15.2 Å². The Morgan fingerprint density at radius 1 is 0.948 bits per heavy atom. The van der Waals surface area contributed by atoms with E-state index in [0.29, 0.717) is 27.8 Å². The monoisotopic (exact) mass is 837 g/mol. The summed E-state index contributed by atoms with van der Waals surface area (Å²) in [5.41, 5.74) is 1.55. The van der Waals surface area contributed by atoms with Gasteiger partial charge in [0, 0.05) is 18.0 Å². The van der Waals surface area contributed by atoms with Crippen molar-refractivity contribution in [3.8, 4) is 11.5 Å². The normalized spacial score (nSPS) is 25.3. The Labute approximate surface area is 338 Å². The first-order valence-electron chi connectivity index (χ1n) is 18.2. The molecule has 17 heteroatoms. The van der Waals surface area contributed by atoms with Crippen LogP contribution in [-0.2, 0) is 30.8 Å². The molecule has 6 atom stereocenters. The molecule has 0 bridgehead atoms. The van der Waals surface area contributed by atoms with Gasteiger partial charge in [-0.2, -0.15) is 23.2 Å². The molecule has 11 nitrogen and oxygen atoms in total. The number of nitrogens with zero attached hydrogens (tertiary/aromatic N) is 4. The summed E-state index contributed by atoms with van der Waals surface area (Å²) in [5.74, 6) is -9.01. The Hall–Kier alpha value is -5.67. The highest BCUT2D eigenvalue weighted by Gasteiger charge is 2.70. The summed E-state index contributed by atoms with van der Waals surface area (Å²) >= 11 is 12.6. The molecular formula is C41H33Cl2F4N5O6. The summed E-state index contributed by atoms with van der Waals surface area (Å²) < 4.78 is 60.8. The molecule has 2 aliphatic heterocycles. The number of pyridine rings is 1. The smallest absolute Gasteiger partial charge is 0.433 e. The number of carbonyl (C=O) groups excluding carboxylic acids is 4. The number of hydrogen-bond acceptors (Lipinski definition) is 9. The molecule has 4 aliphatic rings. The third-order valence-electron chi connectivity index (χ3n) is 11.6. The number of alkyl halides is 3. The SMILES string of the molecule is CCOc1cc([C@H]2C3=CC[C@@H]4C(=O)N(N(C)c5nc(C(F)(F)F)ccc5Cl)C(=O)[C@@H]4[C@@H]3C[C@H]3C(=O)N(Nc4ccc(F)cc4)C(=O)[C@@]23c2ccc(Cl)cc2)ccc1O. The number of imide groups is 2. The van der Waals surface area contributed by atoms with E-state index in [1.54, 1.807) is 49.4 Å². The standard InChI is InChI=1S/C41H33Cl2F4N5O6/c1-3-58-31-18-20(4-16-30(31)53)34-25-13-14-26-33(38(56)52(36(26)54)50(2)35-29(43)15-17-32(48-35)41(45,46)47)27(25)19-28-37(55)51(49-24-11-9-23(44)10-12-24)39(57)40(28,34)21-5-7-22(42)8-6-21/h4-13,15-18,26-28,33-34,49,53H,3,14,19H2,1-2H3/t26-,27+,28-,33-,34-,40+/m0/s1. The maximum Gasteiger partial charge on any atom is 0.433 e. The van der Waals surface area contributed by atoms with Crippen LogP contribution in [0.5, 0.6) is 11.5 Å². The van der Waals surface area contributed by atoms with Gasteiger partial charge in [0.15, 0.2) is 17.3 Å². The molecule has 2 aliphatic carbocycles. The first-order chi connectivity index (χ1) is 27.6. The van der Waals surface area contributed by atoms with Gasteiger partial charge in [0.1, 0.15) is 11.5 Å². The highest BCUT2D eigenvalue weighted by Crippen LogP contribution is 2.64. The van der Waals surface area contributed by atoms with Gasteiger partial charge >= 0.3 is 6.18 Å². The van der Waals surface area contributed by atoms with Crippen molar-refractivity contribution in [2.75, 3.05) is 24.1 Å². The first-order valence-corrected chi connectivity index (χ1v) is 19.0. The van der Waals surface area contributed by atoms with Crippen molar-refractivity contribution in [3.05, 3.63) is 123 Å². The lowest BCUT2D eigenvalue weighted by molar-refractivity contribution is -0.142. The van der Waals surface area contributed by atoms with Crippen molar-refractivity contribution in [3.63, 3.8) is 0 Å². The largest absolute Gasteiger partial charge is 0.504 e. The van der Waals surface area contributed by atoms with Crippen molar-refractivity contribution in [1.82, 2.24) is 15.0 Å². The Kier molecular flexibility index (Phi) is 9.66. The number of rotatable bonds is 8. The van der Waals surface area contributed by atoms with E-state index in [1.165, 1.54) is 25.2 Å². The lowest BCUT2D eigenvalue weighted by Gasteiger charge is -2.50. The molecule has 1 saturated carbocycles. The highest BCUT2D eigenvalue weighted by molar-refractivity contribution is 6.33. The van der Waals surface area contributed by atoms with E-state index in [-0.39, 0.29) is 41.7 Å². The second-order valence-electron chi connectivity index (χ2n) is 14.5. The van der Waals surface area contributed by atoms with Crippen molar-refractivity contribution in [1.29, 1.82) is 0 Å². The number of hydrogen-bond donors (Lipinski definition) is 2. The van der Waals surface area contributed by atoms with E-state index in [2.05, 4.69) is 10.4 Å². The van der Waals surface area contributed by atoms with Crippen molar-refractivity contribution < 1.29 is 46.6 Å². The van der Waals surface area contributed by atoms with Crippen LogP contribution in [0, 0.1) is 29.5 Å². The number of fused-ring (bicyclic) bond motifs is 4. The van der Waals surface area contributed by atoms with Gasteiger partial charge in [-0.05, 0) is 97.5 Å². The van der Waals surface area contributed by atoms with Crippen LogP contribution in [0.25, 0.3) is 0 Å². The number of anilines is 2. The van der Waals surface area contributed by atoms with Crippen LogP contribution in [0.2, 0.25) is 10.0 Å². The molecule has 58 heavy (non-hydrogen) atoms. The van der Waals surface area contributed by atoms with Crippen molar-refractivity contribution >= 4 is 58.3 Å². The number of nitrogens with one attached hydrogen (secondary N) is 1. The number of carbonyl (C=O) groups is 4. The minimum absolute atomic E-state index is 0.00309. The molecule has 4 aromatic rings. The molecular weight excluding hydrogens is 805 g/mol. The van der Waals surface area contributed by atoms with E-state index >= 15 is 4.79 Å². The lowest BCUT2D eigenvalue weighted by Crippen LogP contribution is -2.53. The van der Waals surface area contributed by atoms with Crippen LogP contribution in [-0.4, -0.2) is 57.4 Å². The fourth-order valence-corrected chi connectivity index (χ4v) is 9.56. The predicted molar refractivity (Wildman–Crippen MR) is 203 cm³/mol. The molecule has 0 radical (unpaired) electrons.